The zero-order chi connectivity index (χ0) is 15.6. The van der Waals surface area contributed by atoms with Crippen molar-refractivity contribution in [1.29, 1.82) is 0 Å². The van der Waals surface area contributed by atoms with Crippen LogP contribution in [0.1, 0.15) is 0 Å². The second-order valence-corrected chi connectivity index (χ2v) is 4.47. The molecule has 0 fully saturated rings. The number of aromatic nitrogens is 4. The van der Waals surface area contributed by atoms with E-state index in [-0.39, 0.29) is 11.8 Å². The van der Waals surface area contributed by atoms with Crippen LogP contribution in [-0.4, -0.2) is 32.7 Å². The molecule has 3 N–H and O–H groups in total. The molecule has 0 amide bonds. The van der Waals surface area contributed by atoms with Crippen molar-refractivity contribution < 1.29 is 13.2 Å². The number of halogens is 3. The lowest BCUT2D eigenvalue weighted by molar-refractivity contribution is -0.115. The molecule has 0 aliphatic carbocycles. The molecule has 0 bridgehead atoms. The third-order valence-corrected chi connectivity index (χ3v) is 2.81. The lowest BCUT2D eigenvalue weighted by Crippen LogP contribution is -2.22. The SMILES string of the molecule is FC(F)(F)CNc1nc(Nc2ccncc2)nc2[nH]ccc12. The van der Waals surface area contributed by atoms with Crippen molar-refractivity contribution >= 4 is 28.5 Å². The molecule has 0 saturated heterocycles. The van der Waals surface area contributed by atoms with Crippen LogP contribution in [0.2, 0.25) is 0 Å². The lowest BCUT2D eigenvalue weighted by Gasteiger charge is -2.11. The summed E-state index contributed by atoms with van der Waals surface area (Å²) in [5.74, 6) is 0.297. The molecule has 3 rings (SSSR count). The molecule has 22 heavy (non-hydrogen) atoms. The standard InChI is InChI=1S/C13H11F3N6/c14-13(15,16)7-19-11-9-3-6-18-10(9)21-12(22-11)20-8-1-4-17-5-2-8/h1-6H,7H2,(H3,17,18,19,20,21,22). The maximum atomic E-state index is 12.4. The maximum absolute atomic E-state index is 12.4. The van der Waals surface area contributed by atoms with Crippen molar-refractivity contribution in [3.8, 4) is 0 Å². The number of fused-ring (bicyclic) bond motifs is 1. The number of rotatable bonds is 4. The number of hydrogen-bond acceptors (Lipinski definition) is 5. The van der Waals surface area contributed by atoms with Crippen LogP contribution in [0.5, 0.6) is 0 Å². The number of nitrogens with zero attached hydrogens (tertiary/aromatic N) is 3. The van der Waals surface area contributed by atoms with Gasteiger partial charge >= 0.3 is 6.18 Å². The third-order valence-electron chi connectivity index (χ3n) is 2.81. The molecular weight excluding hydrogens is 297 g/mol. The summed E-state index contributed by atoms with van der Waals surface area (Å²) in [5, 5.41) is 5.70. The Hall–Kier alpha value is -2.84. The van der Waals surface area contributed by atoms with Gasteiger partial charge in [-0.2, -0.15) is 23.1 Å². The molecule has 0 spiro atoms. The Balaban J connectivity index is 1.91. The fraction of sp³-hybridized carbons (Fsp3) is 0.154. The Morgan fingerprint density at radius 3 is 2.59 bits per heavy atom. The van der Waals surface area contributed by atoms with E-state index in [0.29, 0.717) is 16.7 Å². The molecule has 0 aliphatic rings. The first-order valence-electron chi connectivity index (χ1n) is 6.34. The van der Waals surface area contributed by atoms with Crippen molar-refractivity contribution in [2.45, 2.75) is 6.18 Å². The van der Waals surface area contributed by atoms with Crippen molar-refractivity contribution in [3.05, 3.63) is 36.8 Å². The minimum absolute atomic E-state index is 0.111. The van der Waals surface area contributed by atoms with Gasteiger partial charge in [-0.25, -0.2) is 0 Å². The Kier molecular flexibility index (Phi) is 3.53. The molecule has 0 aromatic carbocycles. The Morgan fingerprint density at radius 2 is 1.86 bits per heavy atom. The summed E-state index contributed by atoms with van der Waals surface area (Å²) in [6.07, 6.45) is 0.428. The molecule has 0 radical (unpaired) electrons. The molecule has 114 valence electrons. The van der Waals surface area contributed by atoms with Crippen LogP contribution in [0, 0.1) is 0 Å². The van der Waals surface area contributed by atoms with Gasteiger partial charge in [-0.15, -0.1) is 0 Å². The summed E-state index contributed by atoms with van der Waals surface area (Å²) in [7, 11) is 0. The van der Waals surface area contributed by atoms with Gasteiger partial charge in [-0.1, -0.05) is 0 Å². The molecular formula is C13H11F3N6. The van der Waals surface area contributed by atoms with Crippen molar-refractivity contribution in [2.24, 2.45) is 0 Å². The van der Waals surface area contributed by atoms with Gasteiger partial charge in [0.2, 0.25) is 5.95 Å². The van der Waals surface area contributed by atoms with Gasteiger partial charge in [0.25, 0.3) is 0 Å². The summed E-state index contributed by atoms with van der Waals surface area (Å²) in [5.41, 5.74) is 1.12. The lowest BCUT2D eigenvalue weighted by atomic mass is 10.3. The minimum atomic E-state index is -4.33. The Morgan fingerprint density at radius 1 is 1.09 bits per heavy atom. The quantitative estimate of drug-likeness (QED) is 0.690. The highest BCUT2D eigenvalue weighted by Crippen LogP contribution is 2.24. The average Bonchev–Trinajstić information content (AvgIpc) is 2.93. The second kappa shape index (κ2) is 5.51. The van der Waals surface area contributed by atoms with Crippen LogP contribution in [0.3, 0.4) is 0 Å². The third kappa shape index (κ3) is 3.25. The topological polar surface area (TPSA) is 78.5 Å². The predicted molar refractivity (Wildman–Crippen MR) is 76.0 cm³/mol. The molecule has 0 aliphatic heterocycles. The van der Waals surface area contributed by atoms with Gasteiger partial charge in [-0.05, 0) is 18.2 Å². The zero-order valence-corrected chi connectivity index (χ0v) is 11.1. The van der Waals surface area contributed by atoms with Crippen LogP contribution < -0.4 is 10.6 Å². The number of aromatic amines is 1. The van der Waals surface area contributed by atoms with Gasteiger partial charge in [0.1, 0.15) is 18.0 Å². The Bertz CT molecular complexity index is 768. The number of anilines is 3. The van der Waals surface area contributed by atoms with E-state index in [0.717, 1.165) is 0 Å². The van der Waals surface area contributed by atoms with E-state index in [1.807, 2.05) is 0 Å². The van der Waals surface area contributed by atoms with Gasteiger partial charge < -0.3 is 15.6 Å². The van der Waals surface area contributed by atoms with E-state index in [2.05, 4.69) is 30.6 Å². The number of hydrogen-bond donors (Lipinski definition) is 3. The van der Waals surface area contributed by atoms with Crippen LogP contribution in [0.15, 0.2) is 36.8 Å². The van der Waals surface area contributed by atoms with Crippen LogP contribution >= 0.6 is 0 Å². The van der Waals surface area contributed by atoms with E-state index in [9.17, 15) is 13.2 Å². The van der Waals surface area contributed by atoms with Crippen molar-refractivity contribution in [3.63, 3.8) is 0 Å². The first-order chi connectivity index (χ1) is 10.5. The molecule has 3 aromatic rings. The highest BCUT2D eigenvalue weighted by molar-refractivity contribution is 5.88. The summed E-state index contributed by atoms with van der Waals surface area (Å²) in [6.45, 7) is -1.17. The summed E-state index contributed by atoms with van der Waals surface area (Å²) in [6, 6.07) is 5.01. The monoisotopic (exact) mass is 308 g/mol. The van der Waals surface area contributed by atoms with Crippen LogP contribution in [0.4, 0.5) is 30.6 Å². The molecule has 0 saturated carbocycles. The fourth-order valence-electron chi connectivity index (χ4n) is 1.88. The average molecular weight is 308 g/mol. The van der Waals surface area contributed by atoms with E-state index in [1.165, 1.54) is 0 Å². The van der Waals surface area contributed by atoms with Crippen LogP contribution in [0.25, 0.3) is 11.0 Å². The first kappa shape index (κ1) is 14.1. The number of pyridine rings is 1. The zero-order valence-electron chi connectivity index (χ0n) is 11.1. The highest BCUT2D eigenvalue weighted by atomic mass is 19.4. The Labute approximate surface area is 122 Å². The van der Waals surface area contributed by atoms with Gasteiger partial charge in [0, 0.05) is 24.3 Å². The first-order valence-corrected chi connectivity index (χ1v) is 6.34. The van der Waals surface area contributed by atoms with Gasteiger partial charge in [-0.3, -0.25) is 4.98 Å². The molecule has 0 atom stereocenters. The van der Waals surface area contributed by atoms with Crippen LogP contribution in [-0.2, 0) is 0 Å². The largest absolute Gasteiger partial charge is 0.405 e. The summed E-state index contributed by atoms with van der Waals surface area (Å²) < 4.78 is 37.1. The fourth-order valence-corrected chi connectivity index (χ4v) is 1.88. The van der Waals surface area contributed by atoms with Crippen molar-refractivity contribution in [2.75, 3.05) is 17.2 Å². The number of alkyl halides is 3. The molecule has 3 heterocycles. The summed E-state index contributed by atoms with van der Waals surface area (Å²) in [4.78, 5) is 15.1. The second-order valence-electron chi connectivity index (χ2n) is 4.47. The molecule has 3 aromatic heterocycles. The molecule has 0 unspecified atom stereocenters. The highest BCUT2D eigenvalue weighted by Gasteiger charge is 2.27. The van der Waals surface area contributed by atoms with Gasteiger partial charge in [0.15, 0.2) is 0 Å². The molecule has 9 heteroatoms. The number of H-pyrrole nitrogens is 1. The van der Waals surface area contributed by atoms with E-state index < -0.39 is 12.7 Å². The maximum Gasteiger partial charge on any atom is 0.405 e. The molecule has 6 nitrogen and oxygen atoms in total. The van der Waals surface area contributed by atoms with Crippen molar-refractivity contribution in [1.82, 2.24) is 19.9 Å². The van der Waals surface area contributed by atoms with E-state index in [4.69, 9.17) is 0 Å². The van der Waals surface area contributed by atoms with E-state index >= 15 is 0 Å². The summed E-state index contributed by atoms with van der Waals surface area (Å²) >= 11 is 0. The predicted octanol–water partition coefficient (Wildman–Crippen LogP) is 3.07. The van der Waals surface area contributed by atoms with Gasteiger partial charge in [0.05, 0.1) is 5.39 Å². The normalized spacial score (nSPS) is 11.6. The number of nitrogens with one attached hydrogen (secondary N) is 3. The van der Waals surface area contributed by atoms with E-state index in [1.54, 1.807) is 36.8 Å². The smallest absolute Gasteiger partial charge is 0.360 e. The minimum Gasteiger partial charge on any atom is -0.360 e.